The van der Waals surface area contributed by atoms with Gasteiger partial charge in [-0.05, 0) is 43.3 Å². The normalized spacial score (nSPS) is 12.0. The van der Waals surface area contributed by atoms with Crippen LogP contribution in [-0.2, 0) is 0 Å². The molecular formula is C18H15FN2O3S. The van der Waals surface area contributed by atoms with Crippen molar-refractivity contribution in [3.05, 3.63) is 59.9 Å². The Labute approximate surface area is 148 Å². The van der Waals surface area contributed by atoms with E-state index in [0.717, 1.165) is 11.8 Å². The highest BCUT2D eigenvalue weighted by Crippen LogP contribution is 2.32. The number of nitrogens with zero attached hydrogens (tertiary/aromatic N) is 2. The van der Waals surface area contributed by atoms with Crippen LogP contribution >= 0.6 is 11.8 Å². The summed E-state index contributed by atoms with van der Waals surface area (Å²) in [5.41, 5.74) is 1.12. The number of hydrogen-bond donors (Lipinski definition) is 0. The van der Waals surface area contributed by atoms with Gasteiger partial charge in [0.25, 0.3) is 11.1 Å². The van der Waals surface area contributed by atoms with Crippen molar-refractivity contribution in [2.24, 2.45) is 0 Å². The summed E-state index contributed by atoms with van der Waals surface area (Å²) in [7, 11) is 1.56. The third-order valence-electron chi connectivity index (χ3n) is 3.52. The molecule has 0 aliphatic carbocycles. The molecule has 0 N–H and O–H groups in total. The lowest BCUT2D eigenvalue weighted by molar-refractivity contribution is 0.0993. The van der Waals surface area contributed by atoms with E-state index in [1.165, 1.54) is 24.3 Å². The van der Waals surface area contributed by atoms with Gasteiger partial charge in [-0.15, -0.1) is 10.2 Å². The maximum Gasteiger partial charge on any atom is 0.277 e. The highest BCUT2D eigenvalue weighted by atomic mass is 32.2. The van der Waals surface area contributed by atoms with Gasteiger partial charge in [-0.3, -0.25) is 4.79 Å². The van der Waals surface area contributed by atoms with E-state index >= 15 is 0 Å². The van der Waals surface area contributed by atoms with Crippen LogP contribution in [0, 0.1) is 5.82 Å². The molecule has 5 nitrogen and oxygen atoms in total. The molecule has 0 saturated carbocycles. The van der Waals surface area contributed by atoms with Gasteiger partial charge in [0, 0.05) is 5.56 Å². The third kappa shape index (κ3) is 3.88. The molecule has 1 atom stereocenters. The minimum atomic E-state index is -0.448. The van der Waals surface area contributed by atoms with Gasteiger partial charge < -0.3 is 9.15 Å². The number of thioether (sulfide) groups is 1. The number of carbonyl (C=O) groups excluding carboxylic acids is 1. The minimum absolute atomic E-state index is 0.137. The molecule has 128 valence electrons. The van der Waals surface area contributed by atoms with E-state index in [2.05, 4.69) is 10.2 Å². The van der Waals surface area contributed by atoms with Gasteiger partial charge in [0.05, 0.1) is 17.9 Å². The van der Waals surface area contributed by atoms with Crippen molar-refractivity contribution >= 4 is 17.5 Å². The largest absolute Gasteiger partial charge is 0.496 e. The first-order chi connectivity index (χ1) is 12.1. The Balaban J connectivity index is 1.74. The first-order valence-electron chi connectivity index (χ1n) is 7.52. The fraction of sp³-hybridized carbons (Fsp3) is 0.167. The van der Waals surface area contributed by atoms with Gasteiger partial charge in [0.15, 0.2) is 5.78 Å². The molecule has 0 fully saturated rings. The van der Waals surface area contributed by atoms with Crippen LogP contribution in [-0.4, -0.2) is 28.3 Å². The fourth-order valence-electron chi connectivity index (χ4n) is 2.24. The number of rotatable bonds is 6. The summed E-state index contributed by atoms with van der Waals surface area (Å²) in [6.07, 6.45) is 0. The van der Waals surface area contributed by atoms with Crippen LogP contribution in [0.25, 0.3) is 11.5 Å². The molecule has 1 aromatic heterocycles. The summed E-state index contributed by atoms with van der Waals surface area (Å²) >= 11 is 1.16. The van der Waals surface area contributed by atoms with Crippen molar-refractivity contribution in [3.63, 3.8) is 0 Å². The Bertz CT molecular complexity index is 880. The van der Waals surface area contributed by atoms with Crippen LogP contribution < -0.4 is 4.74 Å². The number of methoxy groups -OCH3 is 1. The number of Topliss-reactive ketones (excluding diaryl/α,β-unsaturated/α-hetero) is 1. The summed E-state index contributed by atoms with van der Waals surface area (Å²) in [4.78, 5) is 12.4. The average molecular weight is 358 g/mol. The Kier molecular flexibility index (Phi) is 5.14. The Morgan fingerprint density at radius 1 is 1.16 bits per heavy atom. The number of benzene rings is 2. The third-order valence-corrected chi connectivity index (χ3v) is 4.45. The molecule has 0 amide bonds. The van der Waals surface area contributed by atoms with Crippen LogP contribution in [0.3, 0.4) is 0 Å². The minimum Gasteiger partial charge on any atom is -0.496 e. The average Bonchev–Trinajstić information content (AvgIpc) is 3.10. The summed E-state index contributed by atoms with van der Waals surface area (Å²) in [6.45, 7) is 1.74. The molecule has 0 saturated heterocycles. The molecule has 3 rings (SSSR count). The lowest BCUT2D eigenvalue weighted by atomic mass is 10.1. The number of halogens is 1. The zero-order chi connectivity index (χ0) is 17.8. The van der Waals surface area contributed by atoms with Crippen LogP contribution in [0.15, 0.2) is 58.2 Å². The molecule has 25 heavy (non-hydrogen) atoms. The van der Waals surface area contributed by atoms with Crippen molar-refractivity contribution < 1.29 is 18.3 Å². The molecule has 1 unspecified atom stereocenters. The second-order valence-electron chi connectivity index (χ2n) is 5.20. The van der Waals surface area contributed by atoms with Crippen LogP contribution in [0.1, 0.15) is 17.3 Å². The number of ether oxygens (including phenoxy) is 1. The second-order valence-corrected chi connectivity index (χ2v) is 6.50. The van der Waals surface area contributed by atoms with Crippen LogP contribution in [0.2, 0.25) is 0 Å². The lowest BCUT2D eigenvalue weighted by Gasteiger charge is -2.07. The summed E-state index contributed by atoms with van der Waals surface area (Å²) in [6, 6.07) is 12.7. The number of ketones is 1. The quantitative estimate of drug-likeness (QED) is 0.485. The van der Waals surface area contributed by atoms with E-state index in [1.807, 2.05) is 18.2 Å². The van der Waals surface area contributed by atoms with E-state index in [4.69, 9.17) is 9.15 Å². The lowest BCUT2D eigenvalue weighted by Crippen LogP contribution is -2.13. The summed E-state index contributed by atoms with van der Waals surface area (Å²) in [5.74, 6) is 0.428. The van der Waals surface area contributed by atoms with Gasteiger partial charge in [0.1, 0.15) is 11.6 Å². The predicted molar refractivity (Wildman–Crippen MR) is 92.3 cm³/mol. The zero-order valence-corrected chi connectivity index (χ0v) is 14.4. The van der Waals surface area contributed by atoms with Gasteiger partial charge in [-0.25, -0.2) is 4.39 Å². The fourth-order valence-corrected chi connectivity index (χ4v) is 3.00. The molecule has 3 aromatic rings. The molecule has 2 aromatic carbocycles. The van der Waals surface area contributed by atoms with E-state index in [9.17, 15) is 9.18 Å². The van der Waals surface area contributed by atoms with Crippen molar-refractivity contribution in [1.29, 1.82) is 0 Å². The molecule has 7 heteroatoms. The zero-order valence-electron chi connectivity index (χ0n) is 13.6. The first-order valence-corrected chi connectivity index (χ1v) is 8.40. The smallest absolute Gasteiger partial charge is 0.277 e. The van der Waals surface area contributed by atoms with Crippen molar-refractivity contribution in [1.82, 2.24) is 10.2 Å². The molecule has 0 aliphatic heterocycles. The SMILES string of the molecule is COc1ccccc1-c1nnc(SC(C)C(=O)c2ccc(F)cc2)o1. The predicted octanol–water partition coefficient (Wildman–Crippen LogP) is 4.25. The number of carbonyl (C=O) groups is 1. The number of para-hydroxylation sites is 1. The van der Waals surface area contributed by atoms with Crippen LogP contribution in [0.4, 0.5) is 4.39 Å². The molecule has 0 bridgehead atoms. The van der Waals surface area contributed by atoms with E-state index in [1.54, 1.807) is 20.1 Å². The van der Waals surface area contributed by atoms with Crippen molar-refractivity contribution in [3.8, 4) is 17.2 Å². The highest BCUT2D eigenvalue weighted by Gasteiger charge is 2.21. The summed E-state index contributed by atoms with van der Waals surface area (Å²) < 4.78 is 23.9. The maximum absolute atomic E-state index is 13.0. The standard InChI is InChI=1S/C18H15FN2O3S/c1-11(16(22)12-7-9-13(19)10-8-12)25-18-21-20-17(24-18)14-5-3-4-6-15(14)23-2/h3-11H,1-2H3. The second kappa shape index (κ2) is 7.48. The van der Waals surface area contributed by atoms with Crippen molar-refractivity contribution in [2.45, 2.75) is 17.4 Å². The molecule has 0 aliphatic rings. The van der Waals surface area contributed by atoms with Gasteiger partial charge in [0.2, 0.25) is 0 Å². The van der Waals surface area contributed by atoms with E-state index in [0.29, 0.717) is 22.8 Å². The molecule has 0 spiro atoms. The number of aromatic nitrogens is 2. The molecule has 1 heterocycles. The maximum atomic E-state index is 13.0. The molecule has 0 radical (unpaired) electrons. The van der Waals surface area contributed by atoms with Crippen molar-refractivity contribution in [2.75, 3.05) is 7.11 Å². The Morgan fingerprint density at radius 2 is 1.88 bits per heavy atom. The Morgan fingerprint density at radius 3 is 2.60 bits per heavy atom. The van der Waals surface area contributed by atoms with Gasteiger partial charge in [-0.1, -0.05) is 23.9 Å². The van der Waals surface area contributed by atoms with E-state index in [-0.39, 0.29) is 16.8 Å². The van der Waals surface area contributed by atoms with Gasteiger partial charge >= 0.3 is 0 Å². The Hall–Kier alpha value is -2.67. The topological polar surface area (TPSA) is 65.2 Å². The molecular weight excluding hydrogens is 343 g/mol. The van der Waals surface area contributed by atoms with Gasteiger partial charge in [-0.2, -0.15) is 0 Å². The summed E-state index contributed by atoms with van der Waals surface area (Å²) in [5, 5.41) is 7.82. The monoisotopic (exact) mass is 358 g/mol. The van der Waals surface area contributed by atoms with Crippen LogP contribution in [0.5, 0.6) is 5.75 Å². The first kappa shape index (κ1) is 17.2. The van der Waals surface area contributed by atoms with E-state index < -0.39 is 5.25 Å². The highest BCUT2D eigenvalue weighted by molar-refractivity contribution is 8.00. The number of hydrogen-bond acceptors (Lipinski definition) is 6.